The molecule has 0 radical (unpaired) electrons. The van der Waals surface area contributed by atoms with Crippen molar-refractivity contribution < 1.29 is 8.42 Å². The minimum absolute atomic E-state index is 0.240. The van der Waals surface area contributed by atoms with Crippen molar-refractivity contribution in [2.45, 2.75) is 24.4 Å². The minimum atomic E-state index is -3.49. The maximum absolute atomic E-state index is 12.5. The number of aryl methyl sites for hydroxylation is 1. The van der Waals surface area contributed by atoms with E-state index in [0.29, 0.717) is 13.1 Å². The van der Waals surface area contributed by atoms with E-state index in [9.17, 15) is 8.42 Å². The van der Waals surface area contributed by atoms with Crippen molar-refractivity contribution >= 4 is 21.4 Å². The first-order valence-electron chi connectivity index (χ1n) is 6.68. The third-order valence-electron chi connectivity index (χ3n) is 3.12. The van der Waals surface area contributed by atoms with Crippen LogP contribution in [0.5, 0.6) is 0 Å². The van der Waals surface area contributed by atoms with Crippen LogP contribution in [0.1, 0.15) is 12.0 Å². The Morgan fingerprint density at radius 3 is 2.95 bits per heavy atom. The van der Waals surface area contributed by atoms with E-state index in [1.165, 1.54) is 10.5 Å². The monoisotopic (exact) mass is 328 g/mol. The van der Waals surface area contributed by atoms with Gasteiger partial charge in [-0.3, -0.25) is 4.68 Å². The van der Waals surface area contributed by atoms with E-state index in [0.717, 1.165) is 18.5 Å². The van der Waals surface area contributed by atoms with Gasteiger partial charge in [-0.1, -0.05) is 0 Å². The van der Waals surface area contributed by atoms with Crippen molar-refractivity contribution in [3.63, 3.8) is 0 Å². The summed E-state index contributed by atoms with van der Waals surface area (Å²) in [7, 11) is -0.00992. The molecule has 6 nitrogen and oxygen atoms in total. The van der Waals surface area contributed by atoms with Gasteiger partial charge < -0.3 is 5.32 Å². The second-order valence-corrected chi connectivity index (χ2v) is 7.61. The first kappa shape index (κ1) is 16.2. The molecule has 0 aliphatic carbocycles. The lowest BCUT2D eigenvalue weighted by Gasteiger charge is -2.15. The molecular weight excluding hydrogens is 308 g/mol. The zero-order valence-corrected chi connectivity index (χ0v) is 13.8. The maximum Gasteiger partial charge on any atom is 0.246 e. The molecule has 1 N–H and O–H groups in total. The second kappa shape index (κ2) is 7.17. The van der Waals surface area contributed by atoms with E-state index < -0.39 is 10.0 Å². The average molecular weight is 328 g/mol. The Labute approximate surface area is 129 Å². The van der Waals surface area contributed by atoms with Gasteiger partial charge in [-0.25, -0.2) is 8.42 Å². The van der Waals surface area contributed by atoms with Crippen LogP contribution in [0.2, 0.25) is 0 Å². The molecule has 2 heterocycles. The highest BCUT2D eigenvalue weighted by atomic mass is 32.2. The number of rotatable bonds is 8. The molecule has 0 aliphatic rings. The second-order valence-electron chi connectivity index (χ2n) is 4.79. The van der Waals surface area contributed by atoms with Crippen LogP contribution < -0.4 is 5.32 Å². The van der Waals surface area contributed by atoms with Crippen LogP contribution in [-0.4, -0.2) is 43.1 Å². The van der Waals surface area contributed by atoms with Crippen LogP contribution >= 0.6 is 11.3 Å². The highest BCUT2D eigenvalue weighted by molar-refractivity contribution is 7.89. The van der Waals surface area contributed by atoms with Gasteiger partial charge in [0.2, 0.25) is 10.0 Å². The zero-order chi connectivity index (χ0) is 15.3. The van der Waals surface area contributed by atoms with E-state index in [1.807, 2.05) is 23.9 Å². The molecule has 0 spiro atoms. The number of thiophene rings is 1. The predicted octanol–water partition coefficient (Wildman–Crippen LogP) is 1.37. The Bertz CT molecular complexity index is 650. The third kappa shape index (κ3) is 4.13. The average Bonchev–Trinajstić information content (AvgIpc) is 3.10. The first-order valence-corrected chi connectivity index (χ1v) is 9.07. The van der Waals surface area contributed by atoms with E-state index in [4.69, 9.17) is 0 Å². The molecule has 21 heavy (non-hydrogen) atoms. The summed E-state index contributed by atoms with van der Waals surface area (Å²) < 4.78 is 28.0. The number of hydrogen-bond donors (Lipinski definition) is 1. The molecule has 0 aromatic carbocycles. The Morgan fingerprint density at radius 1 is 1.48 bits per heavy atom. The molecular formula is C13H20N4O2S2. The smallest absolute Gasteiger partial charge is 0.246 e. The van der Waals surface area contributed by atoms with Gasteiger partial charge in [-0.05, 0) is 42.4 Å². The number of nitrogens with one attached hydrogen (secondary N) is 1. The molecule has 0 amide bonds. The molecule has 0 saturated carbocycles. The molecule has 0 atom stereocenters. The Kier molecular flexibility index (Phi) is 5.51. The third-order valence-corrected chi connectivity index (χ3v) is 5.61. The Morgan fingerprint density at radius 2 is 2.29 bits per heavy atom. The van der Waals surface area contributed by atoms with Crippen LogP contribution in [0.15, 0.2) is 34.1 Å². The van der Waals surface area contributed by atoms with Crippen LogP contribution in [0.3, 0.4) is 0 Å². The van der Waals surface area contributed by atoms with E-state index in [-0.39, 0.29) is 4.90 Å². The van der Waals surface area contributed by atoms with Gasteiger partial charge in [0.25, 0.3) is 0 Å². The summed E-state index contributed by atoms with van der Waals surface area (Å²) in [6, 6.07) is 1.93. The zero-order valence-electron chi connectivity index (χ0n) is 12.2. The van der Waals surface area contributed by atoms with Gasteiger partial charge >= 0.3 is 0 Å². The lowest BCUT2D eigenvalue weighted by Crippen LogP contribution is -2.26. The molecule has 2 aromatic rings. The normalized spacial score (nSPS) is 12.1. The van der Waals surface area contributed by atoms with Crippen molar-refractivity contribution in [2.24, 2.45) is 0 Å². The maximum atomic E-state index is 12.5. The molecule has 0 saturated heterocycles. The first-order chi connectivity index (χ1) is 10.0. The van der Waals surface area contributed by atoms with Gasteiger partial charge in [0.15, 0.2) is 0 Å². The van der Waals surface area contributed by atoms with Crippen molar-refractivity contribution in [1.82, 2.24) is 19.4 Å². The fourth-order valence-corrected chi connectivity index (χ4v) is 3.70. The summed E-state index contributed by atoms with van der Waals surface area (Å²) in [6.07, 6.45) is 3.91. The highest BCUT2D eigenvalue weighted by Gasteiger charge is 2.22. The van der Waals surface area contributed by atoms with Crippen LogP contribution in [0.25, 0.3) is 0 Å². The molecule has 2 aromatic heterocycles. The van der Waals surface area contributed by atoms with E-state index in [2.05, 4.69) is 10.4 Å². The molecule has 0 unspecified atom stereocenters. The quantitative estimate of drug-likeness (QED) is 0.743. The minimum Gasteiger partial charge on any atom is -0.320 e. The fourth-order valence-electron chi connectivity index (χ4n) is 1.92. The van der Waals surface area contributed by atoms with Crippen molar-refractivity contribution in [2.75, 3.05) is 20.6 Å². The van der Waals surface area contributed by atoms with E-state index in [1.54, 1.807) is 29.3 Å². The standard InChI is InChI=1S/C13H20N4O2S2/c1-14-5-3-6-17-10-13(8-15-17)21(18,19)16(2)9-12-4-7-20-11-12/h4,7-8,10-11,14H,3,5-6,9H2,1-2H3. The van der Waals surface area contributed by atoms with Gasteiger partial charge in [0.05, 0.1) is 6.20 Å². The molecule has 0 fully saturated rings. The van der Waals surface area contributed by atoms with Gasteiger partial charge in [0.1, 0.15) is 4.90 Å². The van der Waals surface area contributed by atoms with Crippen LogP contribution in [0.4, 0.5) is 0 Å². The Hall–Kier alpha value is -1.22. The van der Waals surface area contributed by atoms with Crippen molar-refractivity contribution in [1.29, 1.82) is 0 Å². The van der Waals surface area contributed by atoms with Gasteiger partial charge in [-0.15, -0.1) is 0 Å². The summed E-state index contributed by atoms with van der Waals surface area (Å²) in [5.74, 6) is 0. The number of sulfonamides is 1. The van der Waals surface area contributed by atoms with Crippen LogP contribution in [-0.2, 0) is 23.1 Å². The summed E-state index contributed by atoms with van der Waals surface area (Å²) in [4.78, 5) is 0.240. The topological polar surface area (TPSA) is 67.2 Å². The summed E-state index contributed by atoms with van der Waals surface area (Å²) in [6.45, 7) is 1.95. The van der Waals surface area contributed by atoms with Crippen molar-refractivity contribution in [3.05, 3.63) is 34.8 Å². The van der Waals surface area contributed by atoms with Gasteiger partial charge in [-0.2, -0.15) is 20.7 Å². The molecule has 116 valence electrons. The lowest BCUT2D eigenvalue weighted by atomic mass is 10.3. The van der Waals surface area contributed by atoms with Crippen LogP contribution in [0, 0.1) is 0 Å². The fraction of sp³-hybridized carbons (Fsp3) is 0.462. The highest BCUT2D eigenvalue weighted by Crippen LogP contribution is 2.17. The number of aromatic nitrogens is 2. The van der Waals surface area contributed by atoms with Gasteiger partial charge in [0, 0.05) is 26.3 Å². The lowest BCUT2D eigenvalue weighted by molar-refractivity contribution is 0.467. The molecule has 0 bridgehead atoms. The Balaban J connectivity index is 2.04. The summed E-state index contributed by atoms with van der Waals surface area (Å²) in [5.41, 5.74) is 0.993. The van der Waals surface area contributed by atoms with E-state index >= 15 is 0 Å². The largest absolute Gasteiger partial charge is 0.320 e. The number of hydrogen-bond acceptors (Lipinski definition) is 5. The molecule has 0 aliphatic heterocycles. The van der Waals surface area contributed by atoms with Crippen molar-refractivity contribution in [3.8, 4) is 0 Å². The summed E-state index contributed by atoms with van der Waals surface area (Å²) >= 11 is 1.56. The molecule has 2 rings (SSSR count). The SMILES string of the molecule is CNCCCn1cc(S(=O)(=O)N(C)Cc2ccsc2)cn1. The summed E-state index contributed by atoms with van der Waals surface area (Å²) in [5, 5.41) is 11.1. The predicted molar refractivity (Wildman–Crippen MR) is 83.7 cm³/mol. The number of nitrogens with zero attached hydrogens (tertiary/aromatic N) is 3. The molecule has 8 heteroatoms.